The first kappa shape index (κ1) is 29.1. The fourth-order valence-corrected chi connectivity index (χ4v) is 5.24. The topological polar surface area (TPSA) is 147 Å². The number of carbonyl (C=O) groups is 1. The van der Waals surface area contributed by atoms with Crippen LogP contribution in [-0.4, -0.2) is 57.0 Å². The average Bonchev–Trinajstić information content (AvgIpc) is 2.98. The molecule has 0 amide bonds. The zero-order valence-corrected chi connectivity index (χ0v) is 22.2. The Kier molecular flexibility index (Phi) is 8.72. The summed E-state index contributed by atoms with van der Waals surface area (Å²) in [5, 5.41) is 12.9. The van der Waals surface area contributed by atoms with Gasteiger partial charge in [0.15, 0.2) is 18.0 Å². The van der Waals surface area contributed by atoms with Gasteiger partial charge in [0.05, 0.1) is 6.10 Å². The van der Waals surface area contributed by atoms with Gasteiger partial charge in [-0.3, -0.25) is 13.9 Å². The monoisotopic (exact) mass is 562 g/mol. The van der Waals surface area contributed by atoms with Crippen LogP contribution in [0.3, 0.4) is 0 Å². The summed E-state index contributed by atoms with van der Waals surface area (Å²) in [6.07, 6.45) is -3.39. The molecule has 0 bridgehead atoms. The summed E-state index contributed by atoms with van der Waals surface area (Å²) in [5.74, 6) is -3.87. The molecule has 2 heterocycles. The second-order valence-electron chi connectivity index (χ2n) is 8.86. The zero-order chi connectivity index (χ0) is 27.6. The van der Waals surface area contributed by atoms with Crippen molar-refractivity contribution in [2.45, 2.75) is 63.7 Å². The van der Waals surface area contributed by atoms with Crippen molar-refractivity contribution in [2.75, 3.05) is 12.3 Å². The number of nitrogen functional groups attached to an aromatic ring is 1. The third-order valence-electron chi connectivity index (χ3n) is 5.29. The van der Waals surface area contributed by atoms with Crippen LogP contribution in [-0.2, 0) is 23.4 Å². The molecule has 204 valence electrons. The summed E-state index contributed by atoms with van der Waals surface area (Å²) in [6.45, 7) is 4.25. The fourth-order valence-electron chi connectivity index (χ4n) is 3.48. The van der Waals surface area contributed by atoms with Crippen LogP contribution in [0.2, 0.25) is 0 Å². The number of aliphatic hydroxyl groups is 1. The van der Waals surface area contributed by atoms with E-state index in [-0.39, 0.29) is 16.3 Å². The summed E-state index contributed by atoms with van der Waals surface area (Å²) in [5.41, 5.74) is 2.84. The first-order valence-corrected chi connectivity index (χ1v) is 13.2. The van der Waals surface area contributed by atoms with Crippen molar-refractivity contribution in [3.05, 3.63) is 47.4 Å². The standard InChI is InChI=1S/C22H29F2N4O7PS/c1-13(2)33-17(29)14(3)27-36(31,35-15-8-6-5-7-9-15)32-12-22(24)18(30)21(4,23)19(34-22)28-11-10-16(25)26-20(28)37/h5-11,13-14,18-19,30H,12H2,1-4H3,(H,27,31)(H2,25,26,37)/t14-,18?,19+,21+,22+,36?/m0/s1. The Morgan fingerprint density at radius 2 is 1.97 bits per heavy atom. The number of alkyl halides is 2. The zero-order valence-electron chi connectivity index (χ0n) is 20.5. The molecule has 37 heavy (non-hydrogen) atoms. The number of benzene rings is 1. The molecule has 6 atom stereocenters. The Morgan fingerprint density at radius 3 is 2.57 bits per heavy atom. The van der Waals surface area contributed by atoms with Gasteiger partial charge in [0.1, 0.15) is 24.2 Å². The number of esters is 1. The maximum atomic E-state index is 15.9. The molecule has 0 saturated carbocycles. The molecule has 1 aromatic carbocycles. The number of hydrogen-bond donors (Lipinski definition) is 3. The summed E-state index contributed by atoms with van der Waals surface area (Å²) in [7, 11) is -4.53. The minimum absolute atomic E-state index is 0.0467. The normalized spacial score (nSPS) is 28.0. The van der Waals surface area contributed by atoms with E-state index in [4.69, 9.17) is 36.5 Å². The van der Waals surface area contributed by atoms with Gasteiger partial charge in [-0.15, -0.1) is 0 Å². The Balaban J connectivity index is 1.85. The lowest BCUT2D eigenvalue weighted by Gasteiger charge is -2.28. The number of ether oxygens (including phenoxy) is 2. The second-order valence-corrected chi connectivity index (χ2v) is 10.9. The van der Waals surface area contributed by atoms with Gasteiger partial charge in [-0.25, -0.2) is 18.3 Å². The van der Waals surface area contributed by atoms with Gasteiger partial charge in [-0.2, -0.15) is 5.09 Å². The predicted octanol–water partition coefficient (Wildman–Crippen LogP) is 3.61. The van der Waals surface area contributed by atoms with Crippen LogP contribution in [0.1, 0.15) is 33.9 Å². The Hall–Kier alpha value is -2.48. The minimum atomic E-state index is -4.53. The minimum Gasteiger partial charge on any atom is -0.462 e. The molecule has 0 spiro atoms. The van der Waals surface area contributed by atoms with Gasteiger partial charge >= 0.3 is 13.7 Å². The predicted molar refractivity (Wildman–Crippen MR) is 131 cm³/mol. The van der Waals surface area contributed by atoms with Crippen LogP contribution < -0.4 is 15.3 Å². The summed E-state index contributed by atoms with van der Waals surface area (Å²) < 4.78 is 66.8. The van der Waals surface area contributed by atoms with E-state index in [2.05, 4.69) is 10.1 Å². The van der Waals surface area contributed by atoms with Crippen molar-refractivity contribution in [1.29, 1.82) is 0 Å². The van der Waals surface area contributed by atoms with Gasteiger partial charge in [0, 0.05) is 6.20 Å². The Labute approximate surface area is 217 Å². The van der Waals surface area contributed by atoms with E-state index in [1.165, 1.54) is 31.3 Å². The number of nitrogens with two attached hydrogens (primary N) is 1. The maximum Gasteiger partial charge on any atom is 0.459 e. The molecule has 3 rings (SSSR count). The van der Waals surface area contributed by atoms with Crippen molar-refractivity contribution in [1.82, 2.24) is 14.6 Å². The van der Waals surface area contributed by atoms with Crippen LogP contribution >= 0.6 is 20.0 Å². The molecule has 0 radical (unpaired) electrons. The fraction of sp³-hybridized carbons (Fsp3) is 0.500. The summed E-state index contributed by atoms with van der Waals surface area (Å²) in [6, 6.07) is 7.82. The Bertz CT molecular complexity index is 1220. The molecule has 4 N–H and O–H groups in total. The average molecular weight is 563 g/mol. The molecule has 1 aliphatic heterocycles. The quantitative estimate of drug-likeness (QED) is 0.222. The molecule has 1 fully saturated rings. The molecule has 1 aliphatic rings. The van der Waals surface area contributed by atoms with Crippen LogP contribution in [0.15, 0.2) is 42.6 Å². The van der Waals surface area contributed by atoms with Gasteiger partial charge in [0.25, 0.3) is 5.85 Å². The number of anilines is 1. The smallest absolute Gasteiger partial charge is 0.459 e. The first-order valence-electron chi connectivity index (χ1n) is 11.2. The summed E-state index contributed by atoms with van der Waals surface area (Å²) >= 11 is 5.06. The van der Waals surface area contributed by atoms with Crippen molar-refractivity contribution < 1.29 is 41.8 Å². The van der Waals surface area contributed by atoms with E-state index in [0.717, 1.165) is 11.5 Å². The number of nitrogens with one attached hydrogen (secondary N) is 1. The number of halogens is 2. The van der Waals surface area contributed by atoms with E-state index >= 15 is 8.78 Å². The summed E-state index contributed by atoms with van der Waals surface area (Å²) in [4.78, 5) is 16.1. The van der Waals surface area contributed by atoms with Crippen LogP contribution in [0, 0.1) is 4.77 Å². The van der Waals surface area contributed by atoms with E-state index < -0.39 is 56.3 Å². The number of aromatic nitrogens is 2. The van der Waals surface area contributed by atoms with Crippen molar-refractivity contribution in [3.8, 4) is 5.75 Å². The number of carbonyl (C=O) groups excluding carboxylic acids is 1. The molecule has 2 aromatic rings. The maximum absolute atomic E-state index is 15.9. The highest BCUT2D eigenvalue weighted by molar-refractivity contribution is 7.71. The van der Waals surface area contributed by atoms with Crippen molar-refractivity contribution >= 4 is 31.8 Å². The lowest BCUT2D eigenvalue weighted by Crippen LogP contribution is -2.47. The second kappa shape index (κ2) is 11.1. The van der Waals surface area contributed by atoms with Crippen molar-refractivity contribution in [2.24, 2.45) is 0 Å². The SMILES string of the molecule is CC(C)OC(=O)[C@H](C)NP(=O)(OC[C@@]1(F)O[C@@H](n2ccc(N)nc2=S)[C@](C)(F)C1O)Oc1ccccc1. The first-order chi connectivity index (χ1) is 17.2. The van der Waals surface area contributed by atoms with Crippen LogP contribution in [0.5, 0.6) is 5.75 Å². The molecule has 2 unspecified atom stereocenters. The molecule has 11 nitrogen and oxygen atoms in total. The highest BCUT2D eigenvalue weighted by atomic mass is 32.1. The van der Waals surface area contributed by atoms with Crippen LogP contribution in [0.4, 0.5) is 14.6 Å². The van der Waals surface area contributed by atoms with Gasteiger partial charge < -0.3 is 24.8 Å². The highest BCUT2D eigenvalue weighted by Crippen LogP contribution is 2.51. The number of aliphatic hydroxyl groups excluding tert-OH is 1. The van der Waals surface area contributed by atoms with Gasteiger partial charge in [-0.05, 0) is 58.1 Å². The number of hydrogen-bond acceptors (Lipinski definition) is 10. The van der Waals surface area contributed by atoms with Crippen LogP contribution in [0.25, 0.3) is 0 Å². The lowest BCUT2D eigenvalue weighted by molar-refractivity contribution is -0.203. The number of rotatable bonds is 10. The van der Waals surface area contributed by atoms with Gasteiger partial charge in [0.2, 0.25) is 4.77 Å². The molecular formula is C22H29F2N4O7PS. The number of para-hydroxylation sites is 1. The highest BCUT2D eigenvalue weighted by Gasteiger charge is 2.65. The van der Waals surface area contributed by atoms with Gasteiger partial charge in [-0.1, -0.05) is 18.2 Å². The molecular weight excluding hydrogens is 533 g/mol. The third-order valence-corrected chi connectivity index (χ3v) is 7.22. The Morgan fingerprint density at radius 1 is 1.32 bits per heavy atom. The van der Waals surface area contributed by atoms with E-state index in [1.807, 2.05) is 0 Å². The largest absolute Gasteiger partial charge is 0.462 e. The van der Waals surface area contributed by atoms with E-state index in [1.54, 1.807) is 32.0 Å². The molecule has 1 aromatic heterocycles. The molecule has 15 heteroatoms. The van der Waals surface area contributed by atoms with Crippen molar-refractivity contribution in [3.63, 3.8) is 0 Å². The molecule has 1 saturated heterocycles. The van der Waals surface area contributed by atoms with E-state index in [0.29, 0.717) is 0 Å². The van der Waals surface area contributed by atoms with E-state index in [9.17, 15) is 14.5 Å². The number of nitrogens with zero attached hydrogens (tertiary/aromatic N) is 2. The molecule has 0 aliphatic carbocycles. The third kappa shape index (κ3) is 6.70. The lowest BCUT2D eigenvalue weighted by atomic mass is 9.97.